The molecule has 1 amide bonds. The number of aliphatic imine (C=N–C) groups is 1. The van der Waals surface area contributed by atoms with Crippen LogP contribution in [-0.4, -0.2) is 47.7 Å². The van der Waals surface area contributed by atoms with Gasteiger partial charge >= 0.3 is 0 Å². The molecule has 4 heterocycles. The molecule has 3 aliphatic heterocycles. The Morgan fingerprint density at radius 3 is 2.82 bits per heavy atom. The second-order valence-corrected chi connectivity index (χ2v) is 9.43. The summed E-state index contributed by atoms with van der Waals surface area (Å²) in [4.78, 5) is 26.6. The van der Waals surface area contributed by atoms with Crippen molar-refractivity contribution in [1.29, 1.82) is 5.26 Å². The lowest BCUT2D eigenvalue weighted by Crippen LogP contribution is -2.54. The normalized spacial score (nSPS) is 26.7. The SMILES string of the molecule is N#Cc1c(Cl)ccc2c1N(CC1CCCO1)C(=O)C1C(c3nc(C4CCCC4)no3)N=CN21. The second kappa shape index (κ2) is 8.12. The monoisotopic (exact) mass is 466 g/mol. The van der Waals surface area contributed by atoms with Gasteiger partial charge in [-0.2, -0.15) is 10.2 Å². The number of carbonyl (C=O) groups excluding carboxylic acids is 1. The van der Waals surface area contributed by atoms with E-state index in [2.05, 4.69) is 21.2 Å². The zero-order chi connectivity index (χ0) is 22.5. The number of rotatable bonds is 4. The molecule has 33 heavy (non-hydrogen) atoms. The van der Waals surface area contributed by atoms with Gasteiger partial charge in [0.15, 0.2) is 11.9 Å². The van der Waals surface area contributed by atoms with Crippen LogP contribution in [0.2, 0.25) is 5.02 Å². The van der Waals surface area contributed by atoms with Crippen molar-refractivity contribution in [3.8, 4) is 6.07 Å². The molecule has 0 N–H and O–H groups in total. The molecule has 0 radical (unpaired) electrons. The van der Waals surface area contributed by atoms with E-state index in [0.29, 0.717) is 47.2 Å². The largest absolute Gasteiger partial charge is 0.376 e. The summed E-state index contributed by atoms with van der Waals surface area (Å²) in [5.41, 5.74) is 1.49. The van der Waals surface area contributed by atoms with E-state index in [1.54, 1.807) is 22.2 Å². The first-order valence-electron chi connectivity index (χ1n) is 11.5. The highest BCUT2D eigenvalue weighted by atomic mass is 35.5. The number of hydrogen-bond donors (Lipinski definition) is 0. The number of carbonyl (C=O) groups is 1. The van der Waals surface area contributed by atoms with Crippen LogP contribution in [0, 0.1) is 11.3 Å². The van der Waals surface area contributed by atoms with Gasteiger partial charge in [-0.25, -0.2) is 0 Å². The van der Waals surface area contributed by atoms with Gasteiger partial charge in [0.1, 0.15) is 12.1 Å². The lowest BCUT2D eigenvalue weighted by molar-refractivity contribution is -0.120. The third-order valence-corrected chi connectivity index (χ3v) is 7.39. The maximum absolute atomic E-state index is 13.9. The quantitative estimate of drug-likeness (QED) is 0.675. The lowest BCUT2D eigenvalue weighted by atomic mass is 9.98. The zero-order valence-corrected chi connectivity index (χ0v) is 18.7. The van der Waals surface area contributed by atoms with Crippen LogP contribution >= 0.6 is 11.6 Å². The highest BCUT2D eigenvalue weighted by Crippen LogP contribution is 2.46. The molecule has 0 spiro atoms. The van der Waals surface area contributed by atoms with Crippen LogP contribution in [0.1, 0.15) is 67.8 Å². The number of nitriles is 1. The Hall–Kier alpha value is -2.96. The number of benzene rings is 1. The molecule has 6 rings (SSSR count). The number of aromatic nitrogens is 2. The van der Waals surface area contributed by atoms with Crippen molar-refractivity contribution in [3.05, 3.63) is 34.4 Å². The van der Waals surface area contributed by atoms with Gasteiger partial charge in [0.2, 0.25) is 0 Å². The van der Waals surface area contributed by atoms with Crippen molar-refractivity contribution >= 4 is 35.2 Å². The van der Waals surface area contributed by atoms with Crippen molar-refractivity contribution in [2.24, 2.45) is 4.99 Å². The topological polar surface area (TPSA) is 108 Å². The van der Waals surface area contributed by atoms with Gasteiger partial charge in [-0.3, -0.25) is 9.79 Å². The summed E-state index contributed by atoms with van der Waals surface area (Å²) in [5, 5.41) is 14.3. The fourth-order valence-electron chi connectivity index (χ4n) is 5.42. The average molecular weight is 467 g/mol. The van der Waals surface area contributed by atoms with Crippen LogP contribution in [-0.2, 0) is 9.53 Å². The molecule has 1 aromatic carbocycles. The van der Waals surface area contributed by atoms with Gasteiger partial charge in [0.05, 0.1) is 40.9 Å². The maximum Gasteiger partial charge on any atom is 0.254 e. The third-order valence-electron chi connectivity index (χ3n) is 7.08. The molecule has 10 heteroatoms. The fraction of sp³-hybridized carbons (Fsp3) is 0.522. The molecule has 1 saturated heterocycles. The summed E-state index contributed by atoms with van der Waals surface area (Å²) >= 11 is 6.35. The minimum atomic E-state index is -0.663. The van der Waals surface area contributed by atoms with Gasteiger partial charge in [-0.1, -0.05) is 29.6 Å². The molecular weight excluding hydrogens is 444 g/mol. The molecular formula is C23H23ClN6O3. The van der Waals surface area contributed by atoms with E-state index in [0.717, 1.165) is 25.7 Å². The van der Waals surface area contributed by atoms with E-state index in [1.807, 2.05) is 6.07 Å². The summed E-state index contributed by atoms with van der Waals surface area (Å²) < 4.78 is 11.4. The van der Waals surface area contributed by atoms with Crippen molar-refractivity contribution in [2.75, 3.05) is 23.0 Å². The van der Waals surface area contributed by atoms with Crippen molar-refractivity contribution < 1.29 is 14.1 Å². The number of ether oxygens (including phenoxy) is 1. The predicted molar refractivity (Wildman–Crippen MR) is 121 cm³/mol. The van der Waals surface area contributed by atoms with Crippen LogP contribution in [0.15, 0.2) is 21.6 Å². The second-order valence-electron chi connectivity index (χ2n) is 9.02. The van der Waals surface area contributed by atoms with Gasteiger partial charge in [0, 0.05) is 12.5 Å². The molecule has 1 aromatic heterocycles. The van der Waals surface area contributed by atoms with E-state index in [4.69, 9.17) is 20.9 Å². The Morgan fingerprint density at radius 2 is 2.06 bits per heavy atom. The molecule has 2 aromatic rings. The van der Waals surface area contributed by atoms with Crippen molar-refractivity contribution in [2.45, 2.75) is 62.6 Å². The molecule has 9 nitrogen and oxygen atoms in total. The van der Waals surface area contributed by atoms with E-state index in [9.17, 15) is 10.1 Å². The standard InChI is InChI=1S/C23H23ClN6O3/c24-16-7-8-17-19(15(16)10-25)29(11-14-6-3-9-32-14)23(31)20-18(26-12-30(17)20)22-27-21(28-33-22)13-4-1-2-5-13/h7-8,12-14,18,20H,1-6,9,11H2. The zero-order valence-electron chi connectivity index (χ0n) is 18.0. The van der Waals surface area contributed by atoms with Crippen LogP contribution in [0.4, 0.5) is 11.4 Å². The number of halogens is 1. The van der Waals surface area contributed by atoms with Gasteiger partial charge in [0.25, 0.3) is 11.8 Å². The summed E-state index contributed by atoms with van der Waals surface area (Å²) in [7, 11) is 0. The highest BCUT2D eigenvalue weighted by Gasteiger charge is 2.49. The summed E-state index contributed by atoms with van der Waals surface area (Å²) in [6, 6.07) is 4.41. The van der Waals surface area contributed by atoms with Crippen LogP contribution in [0.3, 0.4) is 0 Å². The summed E-state index contributed by atoms with van der Waals surface area (Å²) in [5.74, 6) is 1.18. The lowest BCUT2D eigenvalue weighted by Gasteiger charge is -2.40. The number of hydrogen-bond acceptors (Lipinski definition) is 8. The van der Waals surface area contributed by atoms with Crippen LogP contribution in [0.25, 0.3) is 0 Å². The molecule has 1 saturated carbocycles. The summed E-state index contributed by atoms with van der Waals surface area (Å²) in [6.45, 7) is 1.03. The molecule has 3 atom stereocenters. The fourth-order valence-corrected chi connectivity index (χ4v) is 5.61. The minimum Gasteiger partial charge on any atom is -0.376 e. The van der Waals surface area contributed by atoms with E-state index in [1.165, 1.54) is 12.8 Å². The van der Waals surface area contributed by atoms with Crippen molar-refractivity contribution in [1.82, 2.24) is 10.1 Å². The molecule has 1 aliphatic carbocycles. The van der Waals surface area contributed by atoms with Gasteiger partial charge in [-0.15, -0.1) is 0 Å². The molecule has 3 unspecified atom stereocenters. The van der Waals surface area contributed by atoms with Gasteiger partial charge < -0.3 is 19.1 Å². The molecule has 170 valence electrons. The average Bonchev–Trinajstić information content (AvgIpc) is 3.62. The van der Waals surface area contributed by atoms with E-state index < -0.39 is 12.1 Å². The molecule has 4 aliphatic rings. The smallest absolute Gasteiger partial charge is 0.254 e. The summed E-state index contributed by atoms with van der Waals surface area (Å²) in [6.07, 6.45) is 7.82. The Kier molecular flexibility index (Phi) is 5.07. The Labute approximate surface area is 196 Å². The molecule has 2 fully saturated rings. The molecule has 0 bridgehead atoms. The van der Waals surface area contributed by atoms with Crippen molar-refractivity contribution in [3.63, 3.8) is 0 Å². The Balaban J connectivity index is 1.39. The highest BCUT2D eigenvalue weighted by molar-refractivity contribution is 6.33. The number of anilines is 2. The van der Waals surface area contributed by atoms with E-state index in [-0.39, 0.29) is 17.6 Å². The first-order chi connectivity index (χ1) is 16.2. The predicted octanol–water partition coefficient (Wildman–Crippen LogP) is 3.74. The number of amides is 1. The first-order valence-corrected chi connectivity index (χ1v) is 11.8. The number of fused-ring (bicyclic) bond motifs is 3. The van der Waals surface area contributed by atoms with E-state index >= 15 is 0 Å². The Morgan fingerprint density at radius 1 is 1.21 bits per heavy atom. The first kappa shape index (κ1) is 20.6. The Bertz CT molecular complexity index is 1160. The number of nitrogens with zero attached hydrogens (tertiary/aromatic N) is 6. The van der Waals surface area contributed by atoms with Gasteiger partial charge in [-0.05, 0) is 37.8 Å². The third kappa shape index (κ3) is 3.31. The maximum atomic E-state index is 13.9. The van der Waals surface area contributed by atoms with Crippen LogP contribution in [0.5, 0.6) is 0 Å². The van der Waals surface area contributed by atoms with Crippen LogP contribution < -0.4 is 9.80 Å². The minimum absolute atomic E-state index is 0.0861.